The lowest BCUT2D eigenvalue weighted by Crippen LogP contribution is -2.25. The quantitative estimate of drug-likeness (QED) is 0.767. The maximum absolute atomic E-state index is 4.76. The van der Waals surface area contributed by atoms with E-state index in [4.69, 9.17) is 4.98 Å². The van der Waals surface area contributed by atoms with Gasteiger partial charge in [0.2, 0.25) is 0 Å². The molecule has 0 saturated heterocycles. The summed E-state index contributed by atoms with van der Waals surface area (Å²) in [5.41, 5.74) is 2.52. The van der Waals surface area contributed by atoms with E-state index in [-0.39, 0.29) is 0 Å². The summed E-state index contributed by atoms with van der Waals surface area (Å²) in [6.45, 7) is 9.64. The van der Waals surface area contributed by atoms with E-state index in [0.29, 0.717) is 0 Å². The first-order valence-corrected chi connectivity index (χ1v) is 7.14. The van der Waals surface area contributed by atoms with Crippen molar-refractivity contribution in [2.45, 2.75) is 46.6 Å². The molecule has 1 rings (SSSR count). The molecule has 0 unspecified atom stereocenters. The zero-order chi connectivity index (χ0) is 13.4. The Balaban J connectivity index is 2.93. The van der Waals surface area contributed by atoms with Crippen molar-refractivity contribution in [2.75, 3.05) is 25.0 Å². The molecule has 0 aliphatic rings. The van der Waals surface area contributed by atoms with Gasteiger partial charge in [-0.3, -0.25) is 0 Å². The molecule has 3 nitrogen and oxygen atoms in total. The topological polar surface area (TPSA) is 28.2 Å². The molecule has 0 saturated carbocycles. The monoisotopic (exact) mass is 249 g/mol. The first-order valence-electron chi connectivity index (χ1n) is 7.14. The molecule has 1 aromatic heterocycles. The standard InChI is InChI=1S/C15H27N3/c1-5-8-9-18(7-3)15-11-13(12-16-4)10-14(6-2)17-15/h10-11,16H,5-9,12H2,1-4H3. The van der Waals surface area contributed by atoms with Crippen molar-refractivity contribution in [3.8, 4) is 0 Å². The van der Waals surface area contributed by atoms with Crippen LogP contribution in [0, 0.1) is 0 Å². The second-order valence-electron chi connectivity index (χ2n) is 4.64. The third-order valence-corrected chi connectivity index (χ3v) is 3.16. The number of pyridine rings is 1. The van der Waals surface area contributed by atoms with Crippen LogP contribution in [-0.4, -0.2) is 25.1 Å². The van der Waals surface area contributed by atoms with Crippen molar-refractivity contribution in [3.63, 3.8) is 0 Å². The summed E-state index contributed by atoms with van der Waals surface area (Å²) < 4.78 is 0. The average molecular weight is 249 g/mol. The predicted molar refractivity (Wildman–Crippen MR) is 79.2 cm³/mol. The predicted octanol–water partition coefficient (Wildman–Crippen LogP) is 2.99. The van der Waals surface area contributed by atoms with E-state index in [1.807, 2.05) is 7.05 Å². The SMILES string of the molecule is CCCCN(CC)c1cc(CNC)cc(CC)n1. The van der Waals surface area contributed by atoms with E-state index < -0.39 is 0 Å². The van der Waals surface area contributed by atoms with Crippen LogP contribution in [0.25, 0.3) is 0 Å². The lowest BCUT2D eigenvalue weighted by atomic mass is 10.2. The summed E-state index contributed by atoms with van der Waals surface area (Å²) in [4.78, 5) is 7.13. The number of hydrogen-bond acceptors (Lipinski definition) is 3. The molecule has 0 aliphatic heterocycles. The summed E-state index contributed by atoms with van der Waals surface area (Å²) in [5.74, 6) is 1.13. The van der Waals surface area contributed by atoms with Crippen LogP contribution in [0.5, 0.6) is 0 Å². The average Bonchev–Trinajstić information content (AvgIpc) is 2.39. The molecule has 3 heteroatoms. The smallest absolute Gasteiger partial charge is 0.129 e. The van der Waals surface area contributed by atoms with Gasteiger partial charge in [-0.15, -0.1) is 0 Å². The number of rotatable bonds is 8. The van der Waals surface area contributed by atoms with Gasteiger partial charge < -0.3 is 10.2 Å². The van der Waals surface area contributed by atoms with Crippen LogP contribution < -0.4 is 10.2 Å². The van der Waals surface area contributed by atoms with Crippen molar-refractivity contribution >= 4 is 5.82 Å². The minimum absolute atomic E-state index is 0.911. The maximum Gasteiger partial charge on any atom is 0.129 e. The van der Waals surface area contributed by atoms with Crippen molar-refractivity contribution < 1.29 is 0 Å². The number of aromatic nitrogens is 1. The molecule has 0 fully saturated rings. The van der Waals surface area contributed by atoms with Gasteiger partial charge in [0.05, 0.1) is 0 Å². The fourth-order valence-corrected chi connectivity index (χ4v) is 2.07. The normalized spacial score (nSPS) is 10.7. The number of anilines is 1. The van der Waals surface area contributed by atoms with Crippen molar-refractivity contribution in [2.24, 2.45) is 0 Å². The van der Waals surface area contributed by atoms with E-state index in [1.54, 1.807) is 0 Å². The van der Waals surface area contributed by atoms with E-state index >= 15 is 0 Å². The molecule has 0 radical (unpaired) electrons. The molecule has 0 atom stereocenters. The van der Waals surface area contributed by atoms with E-state index in [2.05, 4.69) is 43.1 Å². The summed E-state index contributed by atoms with van der Waals surface area (Å²) in [6.07, 6.45) is 3.45. The molecule has 0 spiro atoms. The molecular weight excluding hydrogens is 222 g/mol. The molecular formula is C15H27N3. The van der Waals surface area contributed by atoms with Gasteiger partial charge >= 0.3 is 0 Å². The Labute approximate surface area is 112 Å². The van der Waals surface area contributed by atoms with Gasteiger partial charge in [0, 0.05) is 25.3 Å². The molecule has 0 aliphatic carbocycles. The highest BCUT2D eigenvalue weighted by Crippen LogP contribution is 2.16. The van der Waals surface area contributed by atoms with Crippen LogP contribution >= 0.6 is 0 Å². The van der Waals surface area contributed by atoms with Crippen LogP contribution in [0.1, 0.15) is 44.9 Å². The minimum atomic E-state index is 0.911. The van der Waals surface area contributed by atoms with Gasteiger partial charge in [0.1, 0.15) is 5.82 Å². The highest BCUT2D eigenvalue weighted by molar-refractivity contribution is 5.42. The number of nitrogens with one attached hydrogen (secondary N) is 1. The zero-order valence-electron chi connectivity index (χ0n) is 12.3. The van der Waals surface area contributed by atoms with Crippen molar-refractivity contribution in [1.82, 2.24) is 10.3 Å². The first kappa shape index (κ1) is 15.0. The second kappa shape index (κ2) is 8.09. The third kappa shape index (κ3) is 4.30. The van der Waals surface area contributed by atoms with Crippen LogP contribution in [0.3, 0.4) is 0 Å². The van der Waals surface area contributed by atoms with Crippen LogP contribution in [-0.2, 0) is 13.0 Å². The second-order valence-corrected chi connectivity index (χ2v) is 4.64. The molecule has 0 amide bonds. The summed E-state index contributed by atoms with van der Waals surface area (Å²) in [6, 6.07) is 4.42. The van der Waals surface area contributed by atoms with Gasteiger partial charge in [0.25, 0.3) is 0 Å². The minimum Gasteiger partial charge on any atom is -0.357 e. The third-order valence-electron chi connectivity index (χ3n) is 3.16. The zero-order valence-corrected chi connectivity index (χ0v) is 12.3. The number of aryl methyl sites for hydroxylation is 1. The van der Waals surface area contributed by atoms with Crippen LogP contribution in [0.15, 0.2) is 12.1 Å². The van der Waals surface area contributed by atoms with E-state index in [9.17, 15) is 0 Å². The molecule has 0 aromatic carbocycles. The Kier molecular flexibility index (Phi) is 6.73. The Morgan fingerprint density at radius 1 is 1.22 bits per heavy atom. The van der Waals surface area contributed by atoms with Gasteiger partial charge in [0.15, 0.2) is 0 Å². The fraction of sp³-hybridized carbons (Fsp3) is 0.667. The van der Waals surface area contributed by atoms with Gasteiger partial charge in [-0.2, -0.15) is 0 Å². The number of nitrogens with zero attached hydrogens (tertiary/aromatic N) is 2. The first-order chi connectivity index (χ1) is 8.74. The fourth-order valence-electron chi connectivity index (χ4n) is 2.07. The number of unbranched alkanes of at least 4 members (excludes halogenated alkanes) is 1. The summed E-state index contributed by atoms with van der Waals surface area (Å²) in [7, 11) is 1.99. The van der Waals surface area contributed by atoms with Crippen LogP contribution in [0.2, 0.25) is 0 Å². The Morgan fingerprint density at radius 2 is 2.00 bits per heavy atom. The lowest BCUT2D eigenvalue weighted by Gasteiger charge is -2.23. The molecule has 1 aromatic rings. The van der Waals surface area contributed by atoms with Gasteiger partial charge in [-0.25, -0.2) is 4.98 Å². The Morgan fingerprint density at radius 3 is 2.56 bits per heavy atom. The van der Waals surface area contributed by atoms with E-state index in [0.717, 1.165) is 31.9 Å². The van der Waals surface area contributed by atoms with Gasteiger partial charge in [-0.05, 0) is 44.5 Å². The largest absolute Gasteiger partial charge is 0.357 e. The van der Waals surface area contributed by atoms with Crippen molar-refractivity contribution in [3.05, 3.63) is 23.4 Å². The van der Waals surface area contributed by atoms with Gasteiger partial charge in [-0.1, -0.05) is 20.3 Å². The van der Waals surface area contributed by atoms with Crippen molar-refractivity contribution in [1.29, 1.82) is 0 Å². The van der Waals surface area contributed by atoms with Crippen LogP contribution in [0.4, 0.5) is 5.82 Å². The highest BCUT2D eigenvalue weighted by Gasteiger charge is 2.08. The molecule has 102 valence electrons. The summed E-state index contributed by atoms with van der Waals surface area (Å²) in [5, 5.41) is 3.22. The Hall–Kier alpha value is -1.09. The molecule has 1 N–H and O–H groups in total. The number of hydrogen-bond donors (Lipinski definition) is 1. The Bertz CT molecular complexity index is 350. The maximum atomic E-state index is 4.76. The van der Waals surface area contributed by atoms with E-state index in [1.165, 1.54) is 24.1 Å². The molecule has 1 heterocycles. The lowest BCUT2D eigenvalue weighted by molar-refractivity contribution is 0.719. The highest BCUT2D eigenvalue weighted by atomic mass is 15.2. The molecule has 18 heavy (non-hydrogen) atoms. The molecule has 0 bridgehead atoms. The summed E-state index contributed by atoms with van der Waals surface area (Å²) >= 11 is 0.